The van der Waals surface area contributed by atoms with E-state index in [4.69, 9.17) is 14.2 Å². The Hall–Kier alpha value is -5.40. The molecule has 1 aromatic rings. The van der Waals surface area contributed by atoms with Gasteiger partial charge in [0.2, 0.25) is 17.7 Å². The fourth-order valence-electron chi connectivity index (χ4n) is 13.4. The van der Waals surface area contributed by atoms with Crippen LogP contribution in [0.15, 0.2) is 60.2 Å². The summed E-state index contributed by atoms with van der Waals surface area (Å²) in [7, 11) is 0. The first-order chi connectivity index (χ1) is 32.3. The standard InChI is InChI=1S/C50H60N4O14/c1-46-15-13-31(56)21-30(46)7-8-32-33-22-37-50(36(58)26-55,47(33,2)24-35(57)43(32)46)68-45(67-37)29-5-3-28(4-6-29)23-49-18-16-48(17-19-49,27-66-49)53-44(65)34(9-12-42(63)64)52-39(60)25-51-38(59)14-20-54-40(61)10-11-41(54)62/h3-6,10-11,13,15,21,32-35,37,43,45,55,57H,7-9,12,14,16-20,22-27H2,1-2H3,(H,51,59)(H,52,60)(H,53,65)(H,63,64)/t32-,33-,34-,35-,37+,43+,45+,46-,47-,48?,49?,50+/m0/s1. The third kappa shape index (κ3) is 8.24. The van der Waals surface area contributed by atoms with Gasteiger partial charge in [-0.1, -0.05) is 49.8 Å². The number of aliphatic hydroxyl groups is 2. The summed E-state index contributed by atoms with van der Waals surface area (Å²) in [5.41, 5.74) is -1.24. The highest BCUT2D eigenvalue weighted by Crippen LogP contribution is 2.70. The summed E-state index contributed by atoms with van der Waals surface area (Å²) >= 11 is 0. The first kappa shape index (κ1) is 47.7. The van der Waals surface area contributed by atoms with Crippen molar-refractivity contribution in [2.24, 2.45) is 28.6 Å². The average molecular weight is 941 g/mol. The number of nitrogens with one attached hydrogen (secondary N) is 3. The van der Waals surface area contributed by atoms with Crippen molar-refractivity contribution in [1.29, 1.82) is 0 Å². The zero-order valence-corrected chi connectivity index (χ0v) is 38.3. The molecule has 364 valence electrons. The highest BCUT2D eigenvalue weighted by Gasteiger charge is 2.76. The molecule has 10 rings (SSSR count). The normalized spacial score (nSPS) is 36.9. The smallest absolute Gasteiger partial charge is 0.303 e. The van der Waals surface area contributed by atoms with Gasteiger partial charge in [-0.2, -0.15) is 0 Å². The van der Waals surface area contributed by atoms with Crippen LogP contribution in [0.5, 0.6) is 0 Å². The fraction of sp³-hybridized carbons (Fsp3) is 0.600. The second kappa shape index (κ2) is 17.8. The van der Waals surface area contributed by atoms with Crippen molar-refractivity contribution >= 4 is 47.1 Å². The molecule has 5 amide bonds. The van der Waals surface area contributed by atoms with E-state index in [1.807, 2.05) is 37.3 Å². The molecule has 4 aliphatic heterocycles. The lowest BCUT2D eigenvalue weighted by atomic mass is 9.46. The second-order valence-electron chi connectivity index (χ2n) is 20.7. The van der Waals surface area contributed by atoms with Gasteiger partial charge in [0.15, 0.2) is 23.5 Å². The van der Waals surface area contributed by atoms with Crippen molar-refractivity contribution in [1.82, 2.24) is 20.9 Å². The van der Waals surface area contributed by atoms with Crippen molar-refractivity contribution in [2.75, 3.05) is 26.3 Å². The largest absolute Gasteiger partial charge is 0.481 e. The van der Waals surface area contributed by atoms with Gasteiger partial charge in [0.25, 0.3) is 11.8 Å². The third-order valence-electron chi connectivity index (χ3n) is 16.9. The zero-order chi connectivity index (χ0) is 48.4. The third-order valence-corrected chi connectivity index (χ3v) is 16.9. The van der Waals surface area contributed by atoms with Gasteiger partial charge in [-0.3, -0.25) is 43.3 Å². The number of Topliss-reactive ketones (excluding diaryl/α,β-unsaturated/α-hetero) is 1. The van der Waals surface area contributed by atoms with Gasteiger partial charge in [0.1, 0.15) is 12.6 Å². The number of imide groups is 1. The fourth-order valence-corrected chi connectivity index (χ4v) is 13.4. The lowest BCUT2D eigenvalue weighted by Crippen LogP contribution is -2.65. The van der Waals surface area contributed by atoms with Gasteiger partial charge in [-0.25, -0.2) is 0 Å². The van der Waals surface area contributed by atoms with Crippen molar-refractivity contribution in [2.45, 2.75) is 132 Å². The van der Waals surface area contributed by atoms with Crippen LogP contribution < -0.4 is 16.0 Å². The van der Waals surface area contributed by atoms with E-state index in [1.54, 1.807) is 12.2 Å². The molecule has 18 heteroatoms. The van der Waals surface area contributed by atoms with Gasteiger partial charge in [0, 0.05) is 60.3 Å². The summed E-state index contributed by atoms with van der Waals surface area (Å²) in [6, 6.07) is 6.59. The Morgan fingerprint density at radius 1 is 0.941 bits per heavy atom. The molecule has 5 aliphatic carbocycles. The number of ketones is 2. The second-order valence-corrected chi connectivity index (χ2v) is 20.7. The van der Waals surface area contributed by atoms with Gasteiger partial charge in [0.05, 0.1) is 36.5 Å². The number of hydrogen-bond donors (Lipinski definition) is 6. The van der Waals surface area contributed by atoms with Gasteiger partial charge in [-0.05, 0) is 87.3 Å². The van der Waals surface area contributed by atoms with Crippen molar-refractivity contribution in [3.63, 3.8) is 0 Å². The van der Waals surface area contributed by atoms with E-state index in [0.717, 1.165) is 41.0 Å². The Bertz CT molecular complexity index is 2350. The predicted octanol–water partition coefficient (Wildman–Crippen LogP) is 1.81. The van der Waals surface area contributed by atoms with E-state index in [2.05, 4.69) is 22.9 Å². The maximum Gasteiger partial charge on any atom is 0.303 e. The zero-order valence-electron chi connectivity index (χ0n) is 38.3. The summed E-state index contributed by atoms with van der Waals surface area (Å²) in [5.74, 6) is -4.71. The number of fused-ring (bicyclic) bond motifs is 10. The minimum atomic E-state index is -1.46. The molecular weight excluding hydrogens is 881 g/mol. The number of nitrogens with zero attached hydrogens (tertiary/aromatic N) is 1. The van der Waals surface area contributed by atoms with E-state index in [0.29, 0.717) is 44.1 Å². The first-order valence-corrected chi connectivity index (χ1v) is 23.8. The molecule has 0 radical (unpaired) electrons. The van der Waals surface area contributed by atoms with Crippen LogP contribution in [-0.2, 0) is 59.0 Å². The number of amides is 5. The number of carbonyl (C=O) groups excluding carboxylic acids is 7. The van der Waals surface area contributed by atoms with Crippen LogP contribution in [0.1, 0.15) is 102 Å². The van der Waals surface area contributed by atoms with Crippen LogP contribution in [0.4, 0.5) is 0 Å². The monoisotopic (exact) mass is 940 g/mol. The Morgan fingerprint density at radius 2 is 1.66 bits per heavy atom. The van der Waals surface area contributed by atoms with E-state index >= 15 is 0 Å². The molecule has 18 nitrogen and oxygen atoms in total. The van der Waals surface area contributed by atoms with Crippen LogP contribution in [0.25, 0.3) is 0 Å². The summed E-state index contributed by atoms with van der Waals surface area (Å²) in [5, 5.41) is 39.7. The lowest BCUT2D eigenvalue weighted by Gasteiger charge is -2.59. The van der Waals surface area contributed by atoms with Crippen molar-refractivity contribution in [3.05, 3.63) is 71.3 Å². The number of allylic oxidation sites excluding steroid dienone is 4. The van der Waals surface area contributed by atoms with Crippen LogP contribution >= 0.6 is 0 Å². The summed E-state index contributed by atoms with van der Waals surface area (Å²) in [4.78, 5) is 101. The Kier molecular flexibility index (Phi) is 12.5. The maximum absolute atomic E-state index is 14.0. The van der Waals surface area contributed by atoms with Crippen LogP contribution in [-0.4, -0.2) is 129 Å². The molecule has 68 heavy (non-hydrogen) atoms. The van der Waals surface area contributed by atoms with Gasteiger partial charge < -0.3 is 45.5 Å². The molecule has 7 fully saturated rings. The summed E-state index contributed by atoms with van der Waals surface area (Å²) in [6.07, 6.45) is 9.68. The minimum Gasteiger partial charge on any atom is -0.481 e. The predicted molar refractivity (Wildman–Crippen MR) is 237 cm³/mol. The van der Waals surface area contributed by atoms with E-state index in [-0.39, 0.29) is 56.0 Å². The molecule has 2 bridgehead atoms. The number of carboxylic acids is 1. The molecule has 4 saturated carbocycles. The van der Waals surface area contributed by atoms with Crippen LogP contribution in [0.3, 0.4) is 0 Å². The quantitative estimate of drug-likeness (QED) is 0.129. The number of benzene rings is 1. The SMILES string of the molecule is C[C@]12C=CC(=O)C=C1CC[C@@H]1[C@@H]2[C@@H](O)C[C@@]2(C)[C@H]1C[C@H]1O[C@@H](c3ccc(CC45CCC(NC(=O)[C@H](CCC(=O)O)NC(=O)CNC(=O)CCN6C(=O)C=CC6=O)(CC4)CO5)cc3)O[C@]12C(=O)CO. The molecule has 4 heterocycles. The number of aliphatic hydroxyl groups excluding tert-OH is 2. The average Bonchev–Trinajstić information content (AvgIpc) is 3.94. The minimum absolute atomic E-state index is 0.0217. The lowest BCUT2D eigenvalue weighted by molar-refractivity contribution is -0.201. The maximum atomic E-state index is 14.0. The number of aliphatic carboxylic acids is 1. The van der Waals surface area contributed by atoms with E-state index in [1.165, 1.54) is 0 Å². The van der Waals surface area contributed by atoms with E-state index in [9.17, 15) is 53.7 Å². The van der Waals surface area contributed by atoms with Gasteiger partial charge >= 0.3 is 5.97 Å². The highest BCUT2D eigenvalue weighted by atomic mass is 16.7. The number of ether oxygens (including phenoxy) is 3. The van der Waals surface area contributed by atoms with Crippen LogP contribution in [0.2, 0.25) is 0 Å². The molecular formula is C50H60N4O14. The topological polar surface area (TPSA) is 264 Å². The number of hydrogen-bond acceptors (Lipinski definition) is 13. The molecule has 0 spiro atoms. The molecule has 9 aliphatic rings. The number of rotatable bonds is 16. The van der Waals surface area contributed by atoms with E-state index < -0.39 is 113 Å². The van der Waals surface area contributed by atoms with Crippen molar-refractivity contribution in [3.8, 4) is 0 Å². The molecule has 0 unspecified atom stereocenters. The summed E-state index contributed by atoms with van der Waals surface area (Å²) in [6.45, 7) is 2.92. The number of carbonyl (C=O) groups is 8. The highest BCUT2D eigenvalue weighted by molar-refractivity contribution is 6.13. The summed E-state index contributed by atoms with van der Waals surface area (Å²) < 4.78 is 20.0. The van der Waals surface area contributed by atoms with Crippen LogP contribution in [0, 0.1) is 28.6 Å². The Labute approximate surface area is 393 Å². The first-order valence-electron chi connectivity index (χ1n) is 23.8. The Balaban J connectivity index is 0.797. The number of carboxylic acid groups (broad SMARTS) is 1. The molecule has 0 aromatic heterocycles. The molecule has 6 N–H and O–H groups in total. The van der Waals surface area contributed by atoms with Gasteiger partial charge in [-0.15, -0.1) is 0 Å². The molecule has 1 aromatic carbocycles. The Morgan fingerprint density at radius 3 is 2.32 bits per heavy atom. The molecule has 10 atom stereocenters. The van der Waals surface area contributed by atoms with Crippen molar-refractivity contribution < 1.29 is 67.9 Å². The molecule has 3 saturated heterocycles.